The van der Waals surface area contributed by atoms with Gasteiger partial charge in [0.2, 0.25) is 5.91 Å². The van der Waals surface area contributed by atoms with E-state index in [4.69, 9.17) is 9.47 Å². The molecule has 32 heavy (non-hydrogen) atoms. The van der Waals surface area contributed by atoms with Gasteiger partial charge < -0.3 is 19.7 Å². The number of amides is 1. The third kappa shape index (κ3) is 4.41. The number of methoxy groups -OCH3 is 2. The van der Waals surface area contributed by atoms with Crippen LogP contribution >= 0.6 is 11.8 Å². The van der Waals surface area contributed by atoms with E-state index in [1.165, 1.54) is 25.3 Å². The molecule has 8 heteroatoms. The van der Waals surface area contributed by atoms with Gasteiger partial charge in [-0.15, -0.1) is 0 Å². The van der Waals surface area contributed by atoms with Crippen molar-refractivity contribution in [2.24, 2.45) is 4.99 Å². The second-order valence-electron chi connectivity index (χ2n) is 8.21. The zero-order chi connectivity index (χ0) is 22.7. The molecule has 0 saturated heterocycles. The molecule has 1 amide bonds. The summed E-state index contributed by atoms with van der Waals surface area (Å²) in [5.41, 5.74) is 2.68. The van der Waals surface area contributed by atoms with Crippen LogP contribution in [0.5, 0.6) is 5.75 Å². The molecule has 1 atom stereocenters. The highest BCUT2D eigenvalue weighted by Gasteiger charge is 2.42. The minimum absolute atomic E-state index is 0.00494. The fraction of sp³-hybridized carbons (Fsp3) is 0.458. The first-order valence-electron chi connectivity index (χ1n) is 11.0. The van der Waals surface area contributed by atoms with E-state index < -0.39 is 12.0 Å². The van der Waals surface area contributed by atoms with Crippen molar-refractivity contribution in [3.05, 3.63) is 52.2 Å². The van der Waals surface area contributed by atoms with E-state index in [9.17, 15) is 9.59 Å². The molecule has 0 spiro atoms. The average molecular weight is 456 g/mol. The van der Waals surface area contributed by atoms with Gasteiger partial charge in [0, 0.05) is 17.3 Å². The molecule has 0 unspecified atom stereocenters. The Kier molecular flexibility index (Phi) is 6.89. The molecule has 7 nitrogen and oxygen atoms in total. The summed E-state index contributed by atoms with van der Waals surface area (Å²) in [6, 6.07) is 7.36. The van der Waals surface area contributed by atoms with Crippen molar-refractivity contribution in [2.45, 2.75) is 57.5 Å². The van der Waals surface area contributed by atoms with Crippen LogP contribution in [0.25, 0.3) is 0 Å². The largest absolute Gasteiger partial charge is 0.496 e. The minimum atomic E-state index is -0.491. The van der Waals surface area contributed by atoms with E-state index in [0.717, 1.165) is 42.1 Å². The number of esters is 1. The van der Waals surface area contributed by atoms with Crippen molar-refractivity contribution >= 4 is 28.8 Å². The molecule has 0 bridgehead atoms. The van der Waals surface area contributed by atoms with Gasteiger partial charge in [-0.3, -0.25) is 4.79 Å². The second-order valence-corrected chi connectivity index (χ2v) is 9.04. The van der Waals surface area contributed by atoms with Crippen LogP contribution in [0.1, 0.15) is 57.1 Å². The first kappa shape index (κ1) is 22.5. The number of fused-ring (bicyclic) bond motifs is 1. The molecule has 2 aliphatic heterocycles. The highest BCUT2D eigenvalue weighted by atomic mass is 32.2. The summed E-state index contributed by atoms with van der Waals surface area (Å²) in [6.45, 7) is 1.81. The molecule has 170 valence electrons. The first-order chi connectivity index (χ1) is 15.5. The zero-order valence-corrected chi connectivity index (χ0v) is 19.5. The van der Waals surface area contributed by atoms with Crippen LogP contribution in [0.2, 0.25) is 0 Å². The van der Waals surface area contributed by atoms with E-state index in [-0.39, 0.29) is 18.4 Å². The smallest absolute Gasteiger partial charge is 0.338 e. The number of benzene rings is 1. The molecule has 1 aromatic rings. The minimum Gasteiger partial charge on any atom is -0.496 e. The molecule has 1 fully saturated rings. The number of aliphatic imine (C=N–C) groups is 1. The Morgan fingerprint density at radius 3 is 2.66 bits per heavy atom. The van der Waals surface area contributed by atoms with Gasteiger partial charge in [-0.1, -0.05) is 49.2 Å². The molecule has 1 N–H and O–H groups in total. The summed E-state index contributed by atoms with van der Waals surface area (Å²) in [7, 11) is 2.98. The van der Waals surface area contributed by atoms with Crippen LogP contribution in [-0.2, 0) is 14.3 Å². The summed E-state index contributed by atoms with van der Waals surface area (Å²) in [6.07, 6.45) is 5.86. The standard InChI is InChI=1S/C24H29N3O4S/c1-15-21(23(29)31-3)22(18-11-7-8-12-19(18)30-2)27-17(14-32-24(27)25-15)13-20(28)26-16-9-5-4-6-10-16/h7-8,11-12,14,16,22H,4-6,9-10,13H2,1-3H3,(H,26,28)/t22-/m1/s1. The fourth-order valence-corrected chi connectivity index (χ4v) is 5.58. The van der Waals surface area contributed by atoms with Gasteiger partial charge in [0.05, 0.1) is 38.0 Å². The van der Waals surface area contributed by atoms with E-state index in [1.807, 2.05) is 41.5 Å². The maximum atomic E-state index is 12.9. The number of amidine groups is 1. The summed E-state index contributed by atoms with van der Waals surface area (Å²) in [4.78, 5) is 32.3. The Morgan fingerprint density at radius 2 is 1.94 bits per heavy atom. The Labute approximate surface area is 192 Å². The zero-order valence-electron chi connectivity index (χ0n) is 18.7. The lowest BCUT2D eigenvalue weighted by Crippen LogP contribution is -2.40. The topological polar surface area (TPSA) is 80.2 Å². The van der Waals surface area contributed by atoms with Crippen molar-refractivity contribution in [3.8, 4) is 5.75 Å². The van der Waals surface area contributed by atoms with E-state index >= 15 is 0 Å². The van der Waals surface area contributed by atoms with E-state index in [0.29, 0.717) is 17.0 Å². The number of carbonyl (C=O) groups is 2. The molecule has 1 aromatic carbocycles. The van der Waals surface area contributed by atoms with Gasteiger partial charge >= 0.3 is 5.97 Å². The van der Waals surface area contributed by atoms with Gasteiger partial charge in [-0.2, -0.15) is 0 Å². The number of nitrogens with zero attached hydrogens (tertiary/aromatic N) is 2. The number of thioether (sulfide) groups is 1. The third-order valence-electron chi connectivity index (χ3n) is 6.15. The summed E-state index contributed by atoms with van der Waals surface area (Å²) < 4.78 is 10.7. The molecular weight excluding hydrogens is 426 g/mol. The third-order valence-corrected chi connectivity index (χ3v) is 7.04. The second kappa shape index (κ2) is 9.81. The van der Waals surface area contributed by atoms with Gasteiger partial charge in [0.25, 0.3) is 0 Å². The number of ether oxygens (including phenoxy) is 2. The monoisotopic (exact) mass is 455 g/mol. The van der Waals surface area contributed by atoms with Crippen LogP contribution in [0.3, 0.4) is 0 Å². The fourth-order valence-electron chi connectivity index (χ4n) is 4.62. The first-order valence-corrected chi connectivity index (χ1v) is 11.9. The molecule has 4 rings (SSSR count). The number of hydrogen-bond acceptors (Lipinski definition) is 7. The lowest BCUT2D eigenvalue weighted by atomic mass is 9.93. The van der Waals surface area contributed by atoms with Crippen LogP contribution in [0, 0.1) is 0 Å². The Hall–Kier alpha value is -2.74. The maximum Gasteiger partial charge on any atom is 0.338 e. The molecular formula is C24H29N3O4S. The maximum absolute atomic E-state index is 12.9. The van der Waals surface area contributed by atoms with Gasteiger partial charge in [0.1, 0.15) is 5.75 Å². The van der Waals surface area contributed by atoms with Crippen LogP contribution in [0.15, 0.2) is 51.6 Å². The van der Waals surface area contributed by atoms with E-state index in [1.54, 1.807) is 7.11 Å². The Balaban J connectivity index is 1.66. The normalized spacial score (nSPS) is 21.0. The lowest BCUT2D eigenvalue weighted by Gasteiger charge is -2.36. The van der Waals surface area contributed by atoms with Crippen molar-refractivity contribution in [3.63, 3.8) is 0 Å². The Bertz CT molecular complexity index is 995. The molecule has 2 heterocycles. The van der Waals surface area contributed by atoms with Crippen molar-refractivity contribution in [1.82, 2.24) is 10.2 Å². The molecule has 1 saturated carbocycles. The molecule has 3 aliphatic rings. The average Bonchev–Trinajstić information content (AvgIpc) is 3.20. The highest BCUT2D eigenvalue weighted by molar-refractivity contribution is 8.16. The summed E-state index contributed by atoms with van der Waals surface area (Å²) in [5, 5.41) is 5.88. The molecule has 0 radical (unpaired) electrons. The summed E-state index contributed by atoms with van der Waals surface area (Å²) in [5.74, 6) is 0.217. The predicted octanol–water partition coefficient (Wildman–Crippen LogP) is 4.28. The van der Waals surface area contributed by atoms with Gasteiger partial charge in [-0.05, 0) is 31.2 Å². The van der Waals surface area contributed by atoms with Crippen LogP contribution in [0.4, 0.5) is 0 Å². The summed E-state index contributed by atoms with van der Waals surface area (Å²) >= 11 is 1.47. The number of allylic oxidation sites excluding steroid dienone is 1. The number of para-hydroxylation sites is 1. The number of rotatable bonds is 6. The quantitative estimate of drug-likeness (QED) is 0.645. The van der Waals surface area contributed by atoms with Crippen molar-refractivity contribution < 1.29 is 19.1 Å². The lowest BCUT2D eigenvalue weighted by molar-refractivity contribution is -0.136. The SMILES string of the molecule is COC(=O)C1=C(C)N=C2SC=C(CC(=O)NC3CCCCC3)N2[C@@H]1c1ccccc1OC. The predicted molar refractivity (Wildman–Crippen MR) is 125 cm³/mol. The van der Waals surface area contributed by atoms with Crippen molar-refractivity contribution in [1.29, 1.82) is 0 Å². The van der Waals surface area contributed by atoms with Crippen LogP contribution < -0.4 is 10.1 Å². The van der Waals surface area contributed by atoms with Gasteiger partial charge in [-0.25, -0.2) is 9.79 Å². The number of carbonyl (C=O) groups excluding carboxylic acids is 2. The highest BCUT2D eigenvalue weighted by Crippen LogP contribution is 2.46. The molecule has 1 aliphatic carbocycles. The van der Waals surface area contributed by atoms with E-state index in [2.05, 4.69) is 10.3 Å². The molecule has 0 aromatic heterocycles. The van der Waals surface area contributed by atoms with Crippen molar-refractivity contribution in [2.75, 3.05) is 14.2 Å². The number of hydrogen-bond donors (Lipinski definition) is 1. The number of nitrogens with one attached hydrogen (secondary N) is 1. The van der Waals surface area contributed by atoms with Crippen LogP contribution in [-0.4, -0.2) is 42.2 Å². The van der Waals surface area contributed by atoms with Gasteiger partial charge in [0.15, 0.2) is 5.17 Å². The Morgan fingerprint density at radius 1 is 1.19 bits per heavy atom.